The van der Waals surface area contributed by atoms with E-state index in [-0.39, 0.29) is 12.3 Å². The van der Waals surface area contributed by atoms with Crippen LogP contribution in [0.5, 0.6) is 5.75 Å². The Balaban J connectivity index is 1.46. The number of hydrogen-bond acceptors (Lipinski definition) is 3. The smallest absolute Gasteiger partial charge is 0.303 e. The predicted octanol–water partition coefficient (Wildman–Crippen LogP) is 6.80. The number of aryl methyl sites for hydroxylation is 2. The molecular formula is C31H35NO4. The molecule has 0 aromatic heterocycles. The van der Waals surface area contributed by atoms with E-state index >= 15 is 0 Å². The van der Waals surface area contributed by atoms with Gasteiger partial charge in [-0.3, -0.25) is 9.59 Å². The van der Waals surface area contributed by atoms with Crippen LogP contribution in [0, 0.1) is 13.8 Å². The molecule has 0 saturated heterocycles. The summed E-state index contributed by atoms with van der Waals surface area (Å²) in [6.07, 6.45) is 3.67. The van der Waals surface area contributed by atoms with Gasteiger partial charge in [-0.05, 0) is 75.3 Å². The van der Waals surface area contributed by atoms with Crippen LogP contribution in [0.1, 0.15) is 66.9 Å². The van der Waals surface area contributed by atoms with E-state index in [1.54, 1.807) is 4.90 Å². The summed E-state index contributed by atoms with van der Waals surface area (Å²) in [5, 5.41) is 8.77. The summed E-state index contributed by atoms with van der Waals surface area (Å²) >= 11 is 0. The van der Waals surface area contributed by atoms with Crippen LogP contribution in [0.25, 0.3) is 11.1 Å². The summed E-state index contributed by atoms with van der Waals surface area (Å²) in [5.74, 6) is -0.226. The molecule has 1 fully saturated rings. The van der Waals surface area contributed by atoms with Crippen LogP contribution in [0.15, 0.2) is 66.7 Å². The molecule has 0 spiro atoms. The zero-order valence-corrected chi connectivity index (χ0v) is 21.1. The summed E-state index contributed by atoms with van der Waals surface area (Å²) in [5.41, 5.74) is 6.03. The monoisotopic (exact) mass is 486 g/mol. The van der Waals surface area contributed by atoms with Gasteiger partial charge in [0.1, 0.15) is 5.75 Å². The molecule has 0 atom stereocenters. The minimum atomic E-state index is -0.895. The molecule has 0 unspecified atom stereocenters. The molecule has 0 bridgehead atoms. The van der Waals surface area contributed by atoms with E-state index in [0.29, 0.717) is 43.7 Å². The fraction of sp³-hybridized carbons (Fsp3) is 0.355. The van der Waals surface area contributed by atoms with E-state index in [2.05, 4.69) is 32.0 Å². The Bertz CT molecular complexity index is 1230. The van der Waals surface area contributed by atoms with Gasteiger partial charge in [0.15, 0.2) is 0 Å². The Morgan fingerprint density at radius 2 is 1.64 bits per heavy atom. The molecule has 0 aliphatic heterocycles. The molecule has 1 saturated carbocycles. The number of benzene rings is 3. The van der Waals surface area contributed by atoms with Gasteiger partial charge in [0.2, 0.25) is 0 Å². The highest BCUT2D eigenvalue weighted by atomic mass is 16.5. The van der Waals surface area contributed by atoms with Crippen molar-refractivity contribution in [2.45, 2.75) is 64.9 Å². The van der Waals surface area contributed by atoms with Gasteiger partial charge in [0.05, 0.1) is 7.98 Å². The van der Waals surface area contributed by atoms with Gasteiger partial charge in [-0.25, -0.2) is 0 Å². The Hall–Kier alpha value is -3.60. The first-order valence-electron chi connectivity index (χ1n) is 13.2. The van der Waals surface area contributed by atoms with Gasteiger partial charge in [-0.1, -0.05) is 59.7 Å². The Kier molecular flexibility index (Phi) is 7.96. The average Bonchev–Trinajstić information content (AvgIpc) is 3.62. The zero-order valence-electron chi connectivity index (χ0n) is 22.1. The highest BCUT2D eigenvalue weighted by molar-refractivity contribution is 5.95. The van der Waals surface area contributed by atoms with E-state index < -0.39 is 12.0 Å². The van der Waals surface area contributed by atoms with E-state index in [0.717, 1.165) is 29.5 Å². The largest absolute Gasteiger partial charge is 0.493 e. The number of hydrogen-bond donors (Lipinski definition) is 1. The number of ether oxygens (including phenoxy) is 1. The van der Waals surface area contributed by atoms with Gasteiger partial charge in [0, 0.05) is 30.1 Å². The Morgan fingerprint density at radius 3 is 2.31 bits per heavy atom. The van der Waals surface area contributed by atoms with Crippen molar-refractivity contribution in [2.24, 2.45) is 0 Å². The van der Waals surface area contributed by atoms with Gasteiger partial charge >= 0.3 is 5.97 Å². The minimum absolute atomic E-state index is 0.150. The van der Waals surface area contributed by atoms with Crippen LogP contribution in [-0.4, -0.2) is 34.5 Å². The summed E-state index contributed by atoms with van der Waals surface area (Å²) in [6.45, 7) is 4.94. The van der Waals surface area contributed by atoms with Crippen LogP contribution in [0.3, 0.4) is 0 Å². The maximum Gasteiger partial charge on any atom is 0.303 e. The number of aliphatic carboxylic acids is 1. The van der Waals surface area contributed by atoms with Crippen molar-refractivity contribution in [2.75, 3.05) is 6.61 Å². The third kappa shape index (κ3) is 6.97. The predicted molar refractivity (Wildman–Crippen MR) is 142 cm³/mol. The van der Waals surface area contributed by atoms with Crippen molar-refractivity contribution in [1.29, 1.82) is 0 Å². The first kappa shape index (κ1) is 24.1. The topological polar surface area (TPSA) is 66.8 Å². The van der Waals surface area contributed by atoms with Gasteiger partial charge in [0.25, 0.3) is 5.91 Å². The molecule has 3 aromatic carbocycles. The highest BCUT2D eigenvalue weighted by Gasteiger charge is 2.33. The van der Waals surface area contributed by atoms with Crippen molar-refractivity contribution >= 4 is 11.9 Å². The normalized spacial score (nSPS) is 14.1. The lowest BCUT2D eigenvalue weighted by molar-refractivity contribution is -0.137. The quantitative estimate of drug-likeness (QED) is 0.286. The number of carbonyl (C=O) groups excluding carboxylic acids is 1. The van der Waals surface area contributed by atoms with Crippen molar-refractivity contribution in [3.05, 3.63) is 89.0 Å². The molecule has 5 nitrogen and oxygen atoms in total. The molecule has 1 aliphatic rings. The molecule has 1 aliphatic carbocycles. The van der Waals surface area contributed by atoms with E-state index in [4.69, 9.17) is 11.2 Å². The second kappa shape index (κ2) is 11.9. The van der Waals surface area contributed by atoms with Gasteiger partial charge < -0.3 is 14.7 Å². The van der Waals surface area contributed by atoms with Gasteiger partial charge in [-0.2, -0.15) is 0 Å². The highest BCUT2D eigenvalue weighted by Crippen LogP contribution is 2.32. The van der Waals surface area contributed by atoms with E-state index in [9.17, 15) is 9.59 Å². The van der Waals surface area contributed by atoms with Gasteiger partial charge in [-0.15, -0.1) is 0 Å². The molecule has 1 N–H and O–H groups in total. The lowest BCUT2D eigenvalue weighted by atomic mass is 9.99. The number of amides is 1. The maximum atomic E-state index is 13.6. The number of carboxylic acids is 1. The molecule has 5 heteroatoms. The maximum absolute atomic E-state index is 13.6. The molecule has 0 radical (unpaired) electrons. The van der Waals surface area contributed by atoms with Crippen molar-refractivity contribution in [3.63, 3.8) is 0 Å². The second-order valence-corrected chi connectivity index (χ2v) is 9.57. The van der Waals surface area contributed by atoms with Crippen LogP contribution >= 0.6 is 0 Å². The summed E-state index contributed by atoms with van der Waals surface area (Å²) < 4.78 is 14.8. The summed E-state index contributed by atoms with van der Waals surface area (Å²) in [4.78, 5) is 25.9. The third-order valence-electron chi connectivity index (χ3n) is 6.38. The molecule has 188 valence electrons. The number of rotatable bonds is 12. The number of unbranched alkanes of at least 4 members (excludes halogenated alkanes) is 2. The Labute approximate surface area is 215 Å². The zero-order chi connectivity index (χ0) is 26.4. The van der Waals surface area contributed by atoms with Crippen LogP contribution in [0.4, 0.5) is 0 Å². The molecule has 36 heavy (non-hydrogen) atoms. The van der Waals surface area contributed by atoms with Crippen molar-refractivity contribution < 1.29 is 20.8 Å². The van der Waals surface area contributed by atoms with Crippen molar-refractivity contribution in [1.82, 2.24) is 4.90 Å². The lowest BCUT2D eigenvalue weighted by Crippen LogP contribution is -2.32. The van der Waals surface area contributed by atoms with Crippen LogP contribution < -0.4 is 4.74 Å². The number of para-hydroxylation sites is 1. The first-order valence-corrected chi connectivity index (χ1v) is 12.7. The van der Waals surface area contributed by atoms with Crippen LogP contribution in [0.2, 0.25) is 0 Å². The minimum Gasteiger partial charge on any atom is -0.493 e. The molecule has 4 rings (SSSR count). The van der Waals surface area contributed by atoms with Crippen LogP contribution in [-0.2, 0) is 11.3 Å². The SMILES string of the molecule is [2H]C1(N(Cc2ccccc2OCCCCCC(=O)O)C(=O)c2ccc(-c3cc(C)cc(C)c3)cc2)CC1. The molecule has 3 aromatic rings. The second-order valence-electron chi connectivity index (χ2n) is 9.57. The fourth-order valence-electron chi connectivity index (χ4n) is 4.44. The molecule has 0 heterocycles. The number of nitrogens with zero attached hydrogens (tertiary/aromatic N) is 1. The first-order chi connectivity index (χ1) is 17.7. The van der Waals surface area contributed by atoms with E-state index in [1.807, 2.05) is 48.5 Å². The number of carboxylic acid groups (broad SMARTS) is 1. The fourth-order valence-corrected chi connectivity index (χ4v) is 4.44. The molecule has 1 amide bonds. The standard InChI is InChI=1S/C31H35NO4/c1-22-18-23(2)20-27(19-22)24-11-13-25(14-12-24)31(35)32(28-15-16-28)21-26-8-5-6-9-29(26)36-17-7-3-4-10-30(33)34/h5-6,8-9,11-14,18-20,28H,3-4,7,10,15-17,21H2,1-2H3,(H,33,34)/i28D. The van der Waals surface area contributed by atoms with Crippen molar-refractivity contribution in [3.8, 4) is 16.9 Å². The molecular weight excluding hydrogens is 450 g/mol. The van der Waals surface area contributed by atoms with E-state index in [1.165, 1.54) is 11.1 Å². The Morgan fingerprint density at radius 1 is 0.944 bits per heavy atom. The summed E-state index contributed by atoms with van der Waals surface area (Å²) in [7, 11) is 0. The number of carbonyl (C=O) groups is 2. The third-order valence-corrected chi connectivity index (χ3v) is 6.38. The lowest BCUT2D eigenvalue weighted by Gasteiger charge is -2.24. The average molecular weight is 487 g/mol. The summed E-state index contributed by atoms with van der Waals surface area (Å²) in [6, 6.07) is 20.8.